The molecule has 3 N–H and O–H groups in total. The van der Waals surface area contributed by atoms with Gasteiger partial charge in [0.25, 0.3) is 0 Å². The molecule has 0 aromatic heterocycles. The lowest BCUT2D eigenvalue weighted by Crippen LogP contribution is -2.19. The van der Waals surface area contributed by atoms with E-state index >= 15 is 0 Å². The molecule has 1 aromatic rings. The second-order valence-electron chi connectivity index (χ2n) is 3.27. The molecule has 3 heteroatoms. The average molecular weight is 179 g/mol. The highest BCUT2D eigenvalue weighted by molar-refractivity contribution is 5.56. The third-order valence-electron chi connectivity index (χ3n) is 1.88. The van der Waals surface area contributed by atoms with E-state index in [2.05, 4.69) is 18.4 Å². The second-order valence-corrected chi connectivity index (χ2v) is 3.27. The van der Waals surface area contributed by atoms with E-state index < -0.39 is 0 Å². The maximum absolute atomic E-state index is 5.79. The van der Waals surface area contributed by atoms with Crippen LogP contribution in [0.15, 0.2) is 18.2 Å². The molecule has 0 spiro atoms. The molecule has 0 aliphatic heterocycles. The molecule has 3 nitrogen and oxygen atoms in total. The number of hydrogen-bond acceptors (Lipinski definition) is 3. The highest BCUT2D eigenvalue weighted by Crippen LogP contribution is 2.18. The standard InChI is InChI=1S/C10H17N3/c1-4-8-7-9(12-13(2)3)5-6-10(8)11/h5-7,12H,4,11H2,1-3H3. The third-order valence-corrected chi connectivity index (χ3v) is 1.88. The topological polar surface area (TPSA) is 41.3 Å². The van der Waals surface area contributed by atoms with Crippen LogP contribution < -0.4 is 11.2 Å². The van der Waals surface area contributed by atoms with Gasteiger partial charge in [0.2, 0.25) is 0 Å². The summed E-state index contributed by atoms with van der Waals surface area (Å²) in [5.41, 5.74) is 12.1. The first-order valence-electron chi connectivity index (χ1n) is 4.46. The summed E-state index contributed by atoms with van der Waals surface area (Å²) < 4.78 is 0. The molecule has 0 saturated carbocycles. The van der Waals surface area contributed by atoms with E-state index in [0.29, 0.717) is 0 Å². The number of nitrogens with two attached hydrogens (primary N) is 1. The van der Waals surface area contributed by atoms with E-state index in [1.807, 2.05) is 31.2 Å². The van der Waals surface area contributed by atoms with Crippen LogP contribution in [-0.2, 0) is 6.42 Å². The Morgan fingerprint density at radius 2 is 2.08 bits per heavy atom. The van der Waals surface area contributed by atoms with Gasteiger partial charge in [-0.05, 0) is 30.2 Å². The predicted octanol–water partition coefficient (Wildman–Crippen LogP) is 1.72. The van der Waals surface area contributed by atoms with Crippen molar-refractivity contribution < 1.29 is 0 Å². The van der Waals surface area contributed by atoms with Crippen molar-refractivity contribution in [2.24, 2.45) is 0 Å². The van der Waals surface area contributed by atoms with Crippen molar-refractivity contribution in [2.75, 3.05) is 25.3 Å². The van der Waals surface area contributed by atoms with Crippen molar-refractivity contribution in [2.45, 2.75) is 13.3 Å². The first-order valence-corrected chi connectivity index (χ1v) is 4.46. The molecule has 0 aliphatic carbocycles. The molecular formula is C10H17N3. The van der Waals surface area contributed by atoms with Crippen molar-refractivity contribution in [1.82, 2.24) is 5.01 Å². The fraction of sp³-hybridized carbons (Fsp3) is 0.400. The van der Waals surface area contributed by atoms with E-state index in [0.717, 1.165) is 17.8 Å². The Labute approximate surface area is 79.5 Å². The van der Waals surface area contributed by atoms with Crippen LogP contribution in [0.2, 0.25) is 0 Å². The third kappa shape index (κ3) is 2.63. The zero-order chi connectivity index (χ0) is 9.84. The summed E-state index contributed by atoms with van der Waals surface area (Å²) in [6.07, 6.45) is 0.967. The number of hydrazine groups is 1. The summed E-state index contributed by atoms with van der Waals surface area (Å²) in [6.45, 7) is 2.10. The van der Waals surface area contributed by atoms with Gasteiger partial charge in [-0.15, -0.1) is 0 Å². The van der Waals surface area contributed by atoms with Crippen LogP contribution in [-0.4, -0.2) is 19.1 Å². The summed E-state index contributed by atoms with van der Waals surface area (Å²) in [7, 11) is 3.92. The summed E-state index contributed by atoms with van der Waals surface area (Å²) in [4.78, 5) is 0. The first kappa shape index (κ1) is 9.86. The summed E-state index contributed by atoms with van der Waals surface area (Å²) >= 11 is 0. The van der Waals surface area contributed by atoms with E-state index in [4.69, 9.17) is 5.73 Å². The van der Waals surface area contributed by atoms with E-state index in [-0.39, 0.29) is 0 Å². The average Bonchev–Trinajstić information content (AvgIpc) is 2.07. The molecule has 0 aliphatic rings. The van der Waals surface area contributed by atoms with Gasteiger partial charge in [0.15, 0.2) is 0 Å². The minimum absolute atomic E-state index is 0.867. The van der Waals surface area contributed by atoms with E-state index in [9.17, 15) is 0 Å². The van der Waals surface area contributed by atoms with Crippen LogP contribution in [0.4, 0.5) is 11.4 Å². The fourth-order valence-corrected chi connectivity index (χ4v) is 1.24. The Hall–Kier alpha value is -1.22. The maximum atomic E-state index is 5.79. The lowest BCUT2D eigenvalue weighted by molar-refractivity contribution is 0.495. The Balaban J connectivity index is 2.86. The Kier molecular flexibility index (Phi) is 3.14. The summed E-state index contributed by atoms with van der Waals surface area (Å²) in [5, 5.41) is 1.91. The minimum atomic E-state index is 0.867. The van der Waals surface area contributed by atoms with Crippen LogP contribution in [0.25, 0.3) is 0 Å². The highest BCUT2D eigenvalue weighted by Gasteiger charge is 1.98. The molecule has 0 bridgehead atoms. The van der Waals surface area contributed by atoms with Gasteiger partial charge < -0.3 is 11.2 Å². The maximum Gasteiger partial charge on any atom is 0.0494 e. The largest absolute Gasteiger partial charge is 0.399 e. The quantitative estimate of drug-likeness (QED) is 0.548. The molecule has 0 atom stereocenters. The molecule has 0 radical (unpaired) electrons. The molecule has 0 saturated heterocycles. The van der Waals surface area contributed by atoms with Crippen molar-refractivity contribution >= 4 is 11.4 Å². The molecule has 0 amide bonds. The predicted molar refractivity (Wildman–Crippen MR) is 57.5 cm³/mol. The minimum Gasteiger partial charge on any atom is -0.399 e. The zero-order valence-electron chi connectivity index (χ0n) is 8.46. The van der Waals surface area contributed by atoms with Gasteiger partial charge in [0.1, 0.15) is 0 Å². The van der Waals surface area contributed by atoms with Crippen molar-refractivity contribution in [3.63, 3.8) is 0 Å². The van der Waals surface area contributed by atoms with Gasteiger partial charge in [0, 0.05) is 25.5 Å². The van der Waals surface area contributed by atoms with Gasteiger partial charge in [-0.3, -0.25) is 0 Å². The van der Waals surface area contributed by atoms with Crippen molar-refractivity contribution in [1.29, 1.82) is 0 Å². The number of nitrogen functional groups attached to an aromatic ring is 1. The number of aryl methyl sites for hydroxylation is 1. The normalized spacial score (nSPS) is 10.5. The van der Waals surface area contributed by atoms with Crippen LogP contribution >= 0.6 is 0 Å². The van der Waals surface area contributed by atoms with Crippen LogP contribution in [0.5, 0.6) is 0 Å². The molecule has 13 heavy (non-hydrogen) atoms. The molecule has 0 fully saturated rings. The SMILES string of the molecule is CCc1cc(NN(C)C)ccc1N. The lowest BCUT2D eigenvalue weighted by atomic mass is 10.1. The van der Waals surface area contributed by atoms with Crippen molar-refractivity contribution in [3.8, 4) is 0 Å². The second kappa shape index (κ2) is 4.14. The van der Waals surface area contributed by atoms with E-state index in [1.165, 1.54) is 5.56 Å². The number of nitrogens with one attached hydrogen (secondary N) is 1. The van der Waals surface area contributed by atoms with Gasteiger partial charge in [-0.2, -0.15) is 0 Å². The van der Waals surface area contributed by atoms with Gasteiger partial charge in [0.05, 0.1) is 0 Å². The number of anilines is 2. The molecule has 0 heterocycles. The smallest absolute Gasteiger partial charge is 0.0494 e. The van der Waals surface area contributed by atoms with Crippen molar-refractivity contribution in [3.05, 3.63) is 23.8 Å². The number of nitrogens with zero attached hydrogens (tertiary/aromatic N) is 1. The Morgan fingerprint density at radius 3 is 2.62 bits per heavy atom. The Morgan fingerprint density at radius 1 is 1.38 bits per heavy atom. The van der Waals surface area contributed by atoms with Gasteiger partial charge in [-0.1, -0.05) is 6.92 Å². The molecular weight excluding hydrogens is 162 g/mol. The number of hydrogen-bond donors (Lipinski definition) is 2. The molecule has 0 unspecified atom stereocenters. The highest BCUT2D eigenvalue weighted by atomic mass is 15.5. The van der Waals surface area contributed by atoms with Crippen LogP contribution in [0.1, 0.15) is 12.5 Å². The molecule has 1 aromatic carbocycles. The lowest BCUT2D eigenvalue weighted by Gasteiger charge is -2.14. The summed E-state index contributed by atoms with van der Waals surface area (Å²) in [6, 6.07) is 5.99. The Bertz CT molecular complexity index is 281. The van der Waals surface area contributed by atoms with Crippen LogP contribution in [0, 0.1) is 0 Å². The molecule has 72 valence electrons. The zero-order valence-corrected chi connectivity index (χ0v) is 8.46. The van der Waals surface area contributed by atoms with Gasteiger partial charge >= 0.3 is 0 Å². The number of rotatable bonds is 3. The fourth-order valence-electron chi connectivity index (χ4n) is 1.24. The summed E-state index contributed by atoms with van der Waals surface area (Å²) in [5.74, 6) is 0. The van der Waals surface area contributed by atoms with E-state index in [1.54, 1.807) is 0 Å². The first-order chi connectivity index (χ1) is 6.13. The van der Waals surface area contributed by atoms with Gasteiger partial charge in [-0.25, -0.2) is 5.01 Å². The molecule has 1 rings (SSSR count). The number of benzene rings is 1. The monoisotopic (exact) mass is 179 g/mol. The van der Waals surface area contributed by atoms with Crippen LogP contribution in [0.3, 0.4) is 0 Å².